The maximum absolute atomic E-state index is 11.9. The van der Waals surface area contributed by atoms with E-state index in [1.54, 1.807) is 30.5 Å². The lowest BCUT2D eigenvalue weighted by Crippen LogP contribution is -2.32. The van der Waals surface area contributed by atoms with Crippen molar-refractivity contribution >= 4 is 29.1 Å². The van der Waals surface area contributed by atoms with E-state index in [0.29, 0.717) is 35.4 Å². The summed E-state index contributed by atoms with van der Waals surface area (Å²) in [6.45, 7) is 4.68. The molecular formula is C18H20ClN7O. The van der Waals surface area contributed by atoms with Gasteiger partial charge in [-0.3, -0.25) is 4.57 Å². The number of hydrogen-bond acceptors (Lipinski definition) is 5. The summed E-state index contributed by atoms with van der Waals surface area (Å²) in [4.78, 5) is 24.9. The summed E-state index contributed by atoms with van der Waals surface area (Å²) < 4.78 is 1.89. The minimum atomic E-state index is -0.298. The van der Waals surface area contributed by atoms with E-state index in [-0.39, 0.29) is 6.03 Å². The molecule has 0 aliphatic heterocycles. The summed E-state index contributed by atoms with van der Waals surface area (Å²) in [5, 5.41) is 9.25. The first-order valence-corrected chi connectivity index (χ1v) is 8.79. The van der Waals surface area contributed by atoms with Crippen molar-refractivity contribution in [3.63, 3.8) is 0 Å². The zero-order valence-corrected chi connectivity index (χ0v) is 15.8. The number of benzene rings is 1. The van der Waals surface area contributed by atoms with Gasteiger partial charge < -0.3 is 16.0 Å². The minimum absolute atomic E-state index is 0.298. The second-order valence-electron chi connectivity index (χ2n) is 5.82. The molecule has 2 heterocycles. The van der Waals surface area contributed by atoms with Crippen molar-refractivity contribution in [2.75, 3.05) is 23.7 Å². The topological polar surface area (TPSA) is 96.8 Å². The molecule has 0 bridgehead atoms. The lowest BCUT2D eigenvalue weighted by Gasteiger charge is -2.11. The number of aryl methyl sites for hydroxylation is 2. The van der Waals surface area contributed by atoms with Crippen LogP contribution in [0.1, 0.15) is 11.6 Å². The van der Waals surface area contributed by atoms with Gasteiger partial charge in [0.15, 0.2) is 0 Å². The van der Waals surface area contributed by atoms with Crippen LogP contribution in [0.15, 0.2) is 42.7 Å². The summed E-state index contributed by atoms with van der Waals surface area (Å²) in [5.41, 5.74) is 0.639. The van der Waals surface area contributed by atoms with Crippen LogP contribution in [0.4, 0.5) is 16.3 Å². The SMILES string of the molecule is Cc1nc(NCCNC(=O)Nc2cccc(Cl)c2)cc(-n2ccnc2C)n1. The predicted molar refractivity (Wildman–Crippen MR) is 106 cm³/mol. The fourth-order valence-corrected chi connectivity index (χ4v) is 2.68. The molecule has 3 aromatic rings. The van der Waals surface area contributed by atoms with Gasteiger partial charge in [0, 0.05) is 42.3 Å². The average molecular weight is 386 g/mol. The fourth-order valence-electron chi connectivity index (χ4n) is 2.49. The van der Waals surface area contributed by atoms with E-state index in [2.05, 4.69) is 30.9 Å². The van der Waals surface area contributed by atoms with Crippen LogP contribution in [0.25, 0.3) is 5.82 Å². The Labute approximate surface area is 162 Å². The van der Waals surface area contributed by atoms with Crippen LogP contribution in [-0.4, -0.2) is 38.6 Å². The van der Waals surface area contributed by atoms with E-state index >= 15 is 0 Å². The summed E-state index contributed by atoms with van der Waals surface area (Å²) in [5.74, 6) is 2.92. The highest BCUT2D eigenvalue weighted by atomic mass is 35.5. The number of halogens is 1. The van der Waals surface area contributed by atoms with Crippen molar-refractivity contribution < 1.29 is 4.79 Å². The summed E-state index contributed by atoms with van der Waals surface area (Å²) in [6, 6.07) is 8.52. The number of carbonyl (C=O) groups is 1. The molecule has 140 valence electrons. The maximum atomic E-state index is 11.9. The van der Waals surface area contributed by atoms with Crippen LogP contribution in [0.3, 0.4) is 0 Å². The Kier molecular flexibility index (Phi) is 5.87. The zero-order valence-electron chi connectivity index (χ0n) is 15.0. The van der Waals surface area contributed by atoms with Crippen LogP contribution in [0, 0.1) is 13.8 Å². The summed E-state index contributed by atoms with van der Waals surface area (Å²) >= 11 is 5.90. The Morgan fingerprint density at radius 1 is 1.19 bits per heavy atom. The molecule has 3 rings (SSSR count). The maximum Gasteiger partial charge on any atom is 0.319 e. The monoisotopic (exact) mass is 385 g/mol. The standard InChI is InChI=1S/C18H20ClN7O/c1-12-23-16(11-17(24-12)26-9-8-20-13(26)2)21-6-7-22-18(27)25-15-5-3-4-14(19)10-15/h3-5,8-11H,6-7H2,1-2H3,(H,21,23,24)(H2,22,25,27). The van der Waals surface area contributed by atoms with Gasteiger partial charge in [0.1, 0.15) is 23.3 Å². The van der Waals surface area contributed by atoms with Crippen LogP contribution >= 0.6 is 11.6 Å². The Morgan fingerprint density at radius 3 is 2.78 bits per heavy atom. The number of urea groups is 1. The van der Waals surface area contributed by atoms with Crippen LogP contribution in [0.5, 0.6) is 0 Å². The number of rotatable bonds is 6. The molecule has 27 heavy (non-hydrogen) atoms. The molecule has 0 aliphatic carbocycles. The van der Waals surface area contributed by atoms with Crippen LogP contribution < -0.4 is 16.0 Å². The number of nitrogens with zero attached hydrogens (tertiary/aromatic N) is 4. The van der Waals surface area contributed by atoms with Gasteiger partial charge in [0.25, 0.3) is 0 Å². The van der Waals surface area contributed by atoms with Crippen molar-refractivity contribution in [2.24, 2.45) is 0 Å². The van der Waals surface area contributed by atoms with Gasteiger partial charge in [-0.25, -0.2) is 19.7 Å². The number of imidazole rings is 1. The predicted octanol–water partition coefficient (Wildman–Crippen LogP) is 3.17. The van der Waals surface area contributed by atoms with Crippen LogP contribution in [0.2, 0.25) is 5.02 Å². The molecule has 2 aromatic heterocycles. The molecule has 1 aromatic carbocycles. The Morgan fingerprint density at radius 2 is 2.04 bits per heavy atom. The number of nitrogens with one attached hydrogen (secondary N) is 3. The molecular weight excluding hydrogens is 366 g/mol. The summed E-state index contributed by atoms with van der Waals surface area (Å²) in [7, 11) is 0. The van der Waals surface area contributed by atoms with E-state index in [4.69, 9.17) is 11.6 Å². The number of anilines is 2. The minimum Gasteiger partial charge on any atom is -0.368 e. The number of amides is 2. The Bertz CT molecular complexity index is 941. The van der Waals surface area contributed by atoms with E-state index in [1.165, 1.54) is 0 Å². The van der Waals surface area contributed by atoms with Gasteiger partial charge in [0.2, 0.25) is 0 Å². The van der Waals surface area contributed by atoms with E-state index < -0.39 is 0 Å². The molecule has 0 aliphatic rings. The highest BCUT2D eigenvalue weighted by molar-refractivity contribution is 6.30. The van der Waals surface area contributed by atoms with Gasteiger partial charge in [0.05, 0.1) is 0 Å². The second-order valence-corrected chi connectivity index (χ2v) is 6.26. The molecule has 9 heteroatoms. The molecule has 0 radical (unpaired) electrons. The Balaban J connectivity index is 1.51. The van der Waals surface area contributed by atoms with Crippen molar-refractivity contribution in [2.45, 2.75) is 13.8 Å². The van der Waals surface area contributed by atoms with Gasteiger partial charge in [-0.05, 0) is 32.0 Å². The third-order valence-corrected chi connectivity index (χ3v) is 3.93. The average Bonchev–Trinajstić information content (AvgIpc) is 3.04. The number of aromatic nitrogens is 4. The first kappa shape index (κ1) is 18.7. The molecule has 0 spiro atoms. The molecule has 8 nitrogen and oxygen atoms in total. The first-order valence-electron chi connectivity index (χ1n) is 8.41. The largest absolute Gasteiger partial charge is 0.368 e. The van der Waals surface area contributed by atoms with Gasteiger partial charge in [-0.2, -0.15) is 0 Å². The van der Waals surface area contributed by atoms with Crippen molar-refractivity contribution in [1.82, 2.24) is 24.8 Å². The molecule has 0 atom stereocenters. The third kappa shape index (κ3) is 5.18. The zero-order chi connectivity index (χ0) is 19.2. The van der Waals surface area contributed by atoms with E-state index in [9.17, 15) is 4.79 Å². The van der Waals surface area contributed by atoms with Crippen molar-refractivity contribution in [3.8, 4) is 5.82 Å². The van der Waals surface area contributed by atoms with Crippen LogP contribution in [-0.2, 0) is 0 Å². The van der Waals surface area contributed by atoms with E-state index in [1.807, 2.05) is 30.7 Å². The molecule has 0 fully saturated rings. The molecule has 0 saturated heterocycles. The lowest BCUT2D eigenvalue weighted by atomic mass is 10.3. The number of carbonyl (C=O) groups excluding carboxylic acids is 1. The molecule has 0 unspecified atom stereocenters. The highest BCUT2D eigenvalue weighted by Crippen LogP contribution is 2.15. The quantitative estimate of drug-likeness (QED) is 0.566. The molecule has 0 saturated carbocycles. The van der Waals surface area contributed by atoms with Gasteiger partial charge in [-0.1, -0.05) is 17.7 Å². The lowest BCUT2D eigenvalue weighted by molar-refractivity contribution is 0.252. The third-order valence-electron chi connectivity index (χ3n) is 3.70. The molecule has 2 amide bonds. The van der Waals surface area contributed by atoms with Crippen molar-refractivity contribution in [1.29, 1.82) is 0 Å². The number of hydrogen-bond donors (Lipinski definition) is 3. The summed E-state index contributed by atoms with van der Waals surface area (Å²) in [6.07, 6.45) is 3.57. The smallest absolute Gasteiger partial charge is 0.319 e. The van der Waals surface area contributed by atoms with Gasteiger partial charge in [-0.15, -0.1) is 0 Å². The fraction of sp³-hybridized carbons (Fsp3) is 0.222. The first-order chi connectivity index (χ1) is 13.0. The van der Waals surface area contributed by atoms with Crippen molar-refractivity contribution in [3.05, 3.63) is 59.4 Å². The highest BCUT2D eigenvalue weighted by Gasteiger charge is 2.06. The van der Waals surface area contributed by atoms with Gasteiger partial charge >= 0.3 is 6.03 Å². The second kappa shape index (κ2) is 8.50. The van der Waals surface area contributed by atoms with E-state index in [0.717, 1.165) is 11.6 Å². The molecule has 3 N–H and O–H groups in total. The normalized spacial score (nSPS) is 10.5. The Hall–Kier alpha value is -3.13.